The van der Waals surface area contributed by atoms with E-state index in [1.54, 1.807) is 20.8 Å². The second kappa shape index (κ2) is 10.1. The molecular weight excluding hydrogens is 300 g/mol. The highest BCUT2D eigenvalue weighted by Gasteiger charge is 2.24. The number of nitrogens with one attached hydrogen (secondary N) is 1. The Morgan fingerprint density at radius 1 is 1.29 bits per heavy atom. The summed E-state index contributed by atoms with van der Waals surface area (Å²) in [7, 11) is 1.25. The minimum Gasteiger partial charge on any atom is -0.467 e. The molecule has 5 N–H and O–H groups in total. The molecule has 0 rings (SSSR count). The second-order valence-electron chi connectivity index (χ2n) is 5.17. The summed E-state index contributed by atoms with van der Waals surface area (Å²) in [5.41, 5.74) is 9.75. The van der Waals surface area contributed by atoms with Crippen LogP contribution in [0.5, 0.6) is 0 Å². The first-order valence-corrected chi connectivity index (χ1v) is 6.28. The van der Waals surface area contributed by atoms with Crippen LogP contribution >= 0.6 is 12.4 Å². The molecule has 0 spiro atoms. The normalized spacial score (nSPS) is 11.6. The van der Waals surface area contributed by atoms with Crippen molar-refractivity contribution in [2.75, 3.05) is 13.7 Å². The van der Waals surface area contributed by atoms with Crippen molar-refractivity contribution in [2.24, 2.45) is 16.5 Å². The van der Waals surface area contributed by atoms with Crippen LogP contribution in [0.1, 0.15) is 33.6 Å². The summed E-state index contributed by atoms with van der Waals surface area (Å²) in [5.74, 6) is -0.555. The molecule has 0 aromatic carbocycles. The molecule has 0 unspecified atom stereocenters. The minimum absolute atomic E-state index is 0. The lowest BCUT2D eigenvalue weighted by Crippen LogP contribution is -2.44. The third kappa shape index (κ3) is 11.8. The lowest BCUT2D eigenvalue weighted by molar-refractivity contribution is -0.143. The SMILES string of the molecule is COC(=O)[C@H](CCCN=C(N)N)NC(=O)OC(C)(C)C.Cl. The number of carbonyl (C=O) groups is 2. The van der Waals surface area contributed by atoms with Crippen molar-refractivity contribution in [1.29, 1.82) is 0 Å². The van der Waals surface area contributed by atoms with Crippen LogP contribution in [0, 0.1) is 0 Å². The van der Waals surface area contributed by atoms with Gasteiger partial charge in [0.05, 0.1) is 7.11 Å². The largest absolute Gasteiger partial charge is 0.467 e. The molecule has 21 heavy (non-hydrogen) atoms. The number of esters is 1. The molecule has 0 bridgehead atoms. The maximum atomic E-state index is 11.6. The minimum atomic E-state index is -0.788. The molecule has 0 saturated heterocycles. The van der Waals surface area contributed by atoms with Crippen LogP contribution in [0.15, 0.2) is 4.99 Å². The molecule has 1 atom stereocenters. The van der Waals surface area contributed by atoms with Gasteiger partial charge in [-0.15, -0.1) is 12.4 Å². The molecule has 0 heterocycles. The number of nitrogens with two attached hydrogens (primary N) is 2. The number of nitrogens with zero attached hydrogens (tertiary/aromatic N) is 1. The number of carbonyl (C=O) groups excluding carboxylic acids is 2. The van der Waals surface area contributed by atoms with Gasteiger partial charge in [-0.2, -0.15) is 0 Å². The summed E-state index contributed by atoms with van der Waals surface area (Å²) in [6, 6.07) is -0.788. The smallest absolute Gasteiger partial charge is 0.408 e. The molecule has 0 aliphatic carbocycles. The van der Waals surface area contributed by atoms with E-state index >= 15 is 0 Å². The summed E-state index contributed by atoms with van der Waals surface area (Å²) in [4.78, 5) is 27.0. The Morgan fingerprint density at radius 2 is 1.86 bits per heavy atom. The molecule has 124 valence electrons. The van der Waals surface area contributed by atoms with Gasteiger partial charge < -0.3 is 26.3 Å². The number of hydrogen-bond acceptors (Lipinski definition) is 5. The number of halogens is 1. The number of alkyl carbamates (subject to hydrolysis) is 1. The van der Waals surface area contributed by atoms with Crippen molar-refractivity contribution in [1.82, 2.24) is 5.32 Å². The quantitative estimate of drug-likeness (QED) is 0.283. The lowest BCUT2D eigenvalue weighted by atomic mass is 10.1. The average Bonchev–Trinajstić information content (AvgIpc) is 2.29. The Labute approximate surface area is 131 Å². The van der Waals surface area contributed by atoms with Crippen LogP contribution in [0.4, 0.5) is 4.79 Å². The Bertz CT molecular complexity index is 365. The Balaban J connectivity index is 0. The van der Waals surface area contributed by atoms with Gasteiger partial charge >= 0.3 is 12.1 Å². The van der Waals surface area contributed by atoms with Gasteiger partial charge in [-0.1, -0.05) is 0 Å². The fourth-order valence-electron chi connectivity index (χ4n) is 1.34. The zero-order chi connectivity index (χ0) is 15.8. The van der Waals surface area contributed by atoms with Crippen LogP contribution in [-0.4, -0.2) is 43.3 Å². The Hall–Kier alpha value is -1.70. The van der Waals surface area contributed by atoms with Crippen LogP contribution in [0.25, 0.3) is 0 Å². The van der Waals surface area contributed by atoms with Gasteiger partial charge in [0, 0.05) is 6.54 Å². The van der Waals surface area contributed by atoms with Crippen molar-refractivity contribution in [2.45, 2.75) is 45.3 Å². The number of aliphatic imine (C=N–C) groups is 1. The highest BCUT2D eigenvalue weighted by atomic mass is 35.5. The van der Waals surface area contributed by atoms with E-state index in [2.05, 4.69) is 15.0 Å². The predicted molar refractivity (Wildman–Crippen MR) is 82.3 cm³/mol. The fourth-order valence-corrected chi connectivity index (χ4v) is 1.34. The van der Waals surface area contributed by atoms with Crippen LogP contribution in [0.3, 0.4) is 0 Å². The van der Waals surface area contributed by atoms with Gasteiger partial charge in [0.2, 0.25) is 0 Å². The molecule has 0 saturated carbocycles. The first-order valence-electron chi connectivity index (χ1n) is 6.28. The molecule has 0 aromatic rings. The van der Waals surface area contributed by atoms with Gasteiger partial charge in [0.15, 0.2) is 5.96 Å². The standard InChI is InChI=1S/C12H24N4O4.ClH/c1-12(2,3)20-11(18)16-8(9(17)19-4)6-5-7-15-10(13)14;/h8H,5-7H2,1-4H3,(H,16,18)(H4,13,14,15);1H/t8-;/m0./s1. The number of methoxy groups -OCH3 is 1. The maximum Gasteiger partial charge on any atom is 0.408 e. The zero-order valence-electron chi connectivity index (χ0n) is 12.8. The third-order valence-corrected chi connectivity index (χ3v) is 2.12. The first-order chi connectivity index (χ1) is 9.15. The molecule has 0 fully saturated rings. The predicted octanol–water partition coefficient (Wildman–Crippen LogP) is 0.528. The summed E-state index contributed by atoms with van der Waals surface area (Å²) in [6.45, 7) is 5.57. The summed E-state index contributed by atoms with van der Waals surface area (Å²) < 4.78 is 9.71. The molecule has 0 aliphatic rings. The highest BCUT2D eigenvalue weighted by molar-refractivity contribution is 5.85. The third-order valence-electron chi connectivity index (χ3n) is 2.12. The molecule has 1 amide bonds. The second-order valence-corrected chi connectivity index (χ2v) is 5.17. The van der Waals surface area contributed by atoms with Crippen molar-refractivity contribution >= 4 is 30.4 Å². The van der Waals surface area contributed by atoms with Gasteiger partial charge in [0.1, 0.15) is 11.6 Å². The molecule has 8 nitrogen and oxygen atoms in total. The van der Waals surface area contributed by atoms with Gasteiger partial charge in [-0.25, -0.2) is 9.59 Å². The van der Waals surface area contributed by atoms with E-state index < -0.39 is 23.7 Å². The number of amides is 1. The number of ether oxygens (including phenoxy) is 2. The highest BCUT2D eigenvalue weighted by Crippen LogP contribution is 2.08. The zero-order valence-corrected chi connectivity index (χ0v) is 13.7. The number of hydrogen-bond donors (Lipinski definition) is 3. The van der Waals surface area contributed by atoms with E-state index in [4.69, 9.17) is 16.2 Å². The number of guanidine groups is 1. The monoisotopic (exact) mass is 324 g/mol. The van der Waals surface area contributed by atoms with Crippen LogP contribution in [-0.2, 0) is 14.3 Å². The van der Waals surface area contributed by atoms with E-state index in [9.17, 15) is 9.59 Å². The van der Waals surface area contributed by atoms with Gasteiger partial charge in [0.25, 0.3) is 0 Å². The number of rotatable bonds is 6. The topological polar surface area (TPSA) is 129 Å². The summed E-state index contributed by atoms with van der Waals surface area (Å²) in [6.07, 6.45) is 0.200. The van der Waals surface area contributed by atoms with Gasteiger partial charge in [-0.05, 0) is 33.6 Å². The van der Waals surface area contributed by atoms with E-state index in [1.807, 2.05) is 0 Å². The van der Waals surface area contributed by atoms with E-state index in [-0.39, 0.29) is 18.4 Å². The van der Waals surface area contributed by atoms with Crippen LogP contribution in [0.2, 0.25) is 0 Å². The van der Waals surface area contributed by atoms with E-state index in [1.165, 1.54) is 7.11 Å². The van der Waals surface area contributed by atoms with Crippen molar-refractivity contribution in [3.63, 3.8) is 0 Å². The molecular formula is C12H25ClN4O4. The molecule has 0 radical (unpaired) electrons. The first kappa shape index (κ1) is 21.6. The lowest BCUT2D eigenvalue weighted by Gasteiger charge is -2.22. The maximum absolute atomic E-state index is 11.6. The molecule has 9 heteroatoms. The van der Waals surface area contributed by atoms with Crippen molar-refractivity contribution < 1.29 is 19.1 Å². The molecule has 0 aromatic heterocycles. The molecule has 0 aliphatic heterocycles. The van der Waals surface area contributed by atoms with Crippen LogP contribution < -0.4 is 16.8 Å². The van der Waals surface area contributed by atoms with Crippen molar-refractivity contribution in [3.8, 4) is 0 Å². The fraction of sp³-hybridized carbons (Fsp3) is 0.750. The average molecular weight is 325 g/mol. The van der Waals surface area contributed by atoms with E-state index in [0.29, 0.717) is 19.4 Å². The summed E-state index contributed by atoms with van der Waals surface area (Å²) in [5, 5.41) is 2.47. The Morgan fingerprint density at radius 3 is 2.29 bits per heavy atom. The Kier molecular flexibility index (Phi) is 10.4. The van der Waals surface area contributed by atoms with Crippen molar-refractivity contribution in [3.05, 3.63) is 0 Å². The summed E-state index contributed by atoms with van der Waals surface area (Å²) >= 11 is 0. The van der Waals surface area contributed by atoms with E-state index in [0.717, 1.165) is 0 Å². The van der Waals surface area contributed by atoms with Gasteiger partial charge in [-0.3, -0.25) is 4.99 Å².